The molecule has 0 saturated carbocycles. The number of likely N-dealkylation sites (tertiary alicyclic amines) is 1. The Morgan fingerprint density at radius 3 is 2.90 bits per heavy atom. The van der Waals surface area contributed by atoms with Gasteiger partial charge in [0.15, 0.2) is 0 Å². The first-order valence-electron chi connectivity index (χ1n) is 7.51. The minimum Gasteiger partial charge on any atom is -0.465 e. The summed E-state index contributed by atoms with van der Waals surface area (Å²) in [5.41, 5.74) is 2.21. The number of aryl methyl sites for hydroxylation is 1. The molecule has 0 spiro atoms. The molecular weight excluding hydrogens is 268 g/mol. The largest absolute Gasteiger partial charge is 0.465 e. The Bertz CT molecular complexity index is 558. The maximum Gasteiger partial charge on any atom is 0.407 e. The monoisotopic (exact) mass is 288 g/mol. The normalized spacial score (nSPS) is 22.1. The van der Waals surface area contributed by atoms with Gasteiger partial charge in [0.1, 0.15) is 0 Å². The Balaban J connectivity index is 1.75. The van der Waals surface area contributed by atoms with Crippen LogP contribution in [0, 0.1) is 5.92 Å². The summed E-state index contributed by atoms with van der Waals surface area (Å²) in [6.45, 7) is 1.76. The predicted molar refractivity (Wildman–Crippen MR) is 79.4 cm³/mol. The van der Waals surface area contributed by atoms with Crippen molar-refractivity contribution in [3.05, 3.63) is 29.8 Å². The molecule has 1 unspecified atom stereocenters. The first-order chi connectivity index (χ1) is 10.1. The first-order valence-corrected chi connectivity index (χ1v) is 7.51. The first kappa shape index (κ1) is 13.9. The molecule has 2 aliphatic rings. The molecule has 1 fully saturated rings. The highest BCUT2D eigenvalue weighted by Crippen LogP contribution is 2.29. The van der Waals surface area contributed by atoms with Crippen LogP contribution in [0.5, 0.6) is 0 Å². The highest BCUT2D eigenvalue weighted by molar-refractivity contribution is 5.96. The second kappa shape index (κ2) is 5.76. The number of hydrogen-bond acceptors (Lipinski definition) is 2. The maximum absolute atomic E-state index is 12.2. The third-order valence-electron chi connectivity index (χ3n) is 4.42. The van der Waals surface area contributed by atoms with Gasteiger partial charge in [0, 0.05) is 31.7 Å². The second-order valence-electron chi connectivity index (χ2n) is 5.87. The van der Waals surface area contributed by atoms with Crippen LogP contribution in [0.15, 0.2) is 24.3 Å². The molecule has 2 aliphatic heterocycles. The van der Waals surface area contributed by atoms with Gasteiger partial charge in [-0.05, 0) is 36.8 Å². The van der Waals surface area contributed by atoms with E-state index < -0.39 is 6.09 Å². The molecule has 112 valence electrons. The summed E-state index contributed by atoms with van der Waals surface area (Å²) in [5, 5.41) is 9.12. The Hall–Kier alpha value is -2.04. The molecular formula is C16H20N2O3. The van der Waals surface area contributed by atoms with Crippen LogP contribution < -0.4 is 4.90 Å². The fourth-order valence-corrected chi connectivity index (χ4v) is 3.34. The van der Waals surface area contributed by atoms with Crippen LogP contribution in [0.2, 0.25) is 0 Å². The average Bonchev–Trinajstić information content (AvgIpc) is 2.50. The summed E-state index contributed by atoms with van der Waals surface area (Å²) in [6.07, 6.45) is 2.35. The standard InChI is InChI=1S/C16H20N2O3/c19-15-8-7-13-5-1-2-6-14(13)18(15)11-12-4-3-9-17(10-12)16(20)21/h1-2,5-6,12H,3-4,7-11H2,(H,20,21). The van der Waals surface area contributed by atoms with Crippen molar-refractivity contribution in [1.29, 1.82) is 0 Å². The number of carbonyl (C=O) groups excluding carboxylic acids is 1. The lowest BCUT2D eigenvalue weighted by Crippen LogP contribution is -2.45. The van der Waals surface area contributed by atoms with Crippen LogP contribution in [-0.2, 0) is 11.2 Å². The quantitative estimate of drug-likeness (QED) is 0.908. The zero-order valence-corrected chi connectivity index (χ0v) is 12.0. The van der Waals surface area contributed by atoms with Crippen molar-refractivity contribution in [2.75, 3.05) is 24.5 Å². The van der Waals surface area contributed by atoms with Crippen molar-refractivity contribution < 1.29 is 14.7 Å². The molecule has 1 atom stereocenters. The van der Waals surface area contributed by atoms with Crippen molar-refractivity contribution in [2.45, 2.75) is 25.7 Å². The highest BCUT2D eigenvalue weighted by atomic mass is 16.4. The van der Waals surface area contributed by atoms with E-state index in [-0.39, 0.29) is 11.8 Å². The average molecular weight is 288 g/mol. The van der Waals surface area contributed by atoms with E-state index in [0.717, 1.165) is 24.9 Å². The number of piperidine rings is 1. The topological polar surface area (TPSA) is 60.9 Å². The van der Waals surface area contributed by atoms with Crippen molar-refractivity contribution >= 4 is 17.7 Å². The third kappa shape index (κ3) is 2.86. The summed E-state index contributed by atoms with van der Waals surface area (Å²) < 4.78 is 0. The number of para-hydroxylation sites is 1. The van der Waals surface area contributed by atoms with E-state index in [4.69, 9.17) is 5.11 Å². The molecule has 1 saturated heterocycles. The van der Waals surface area contributed by atoms with Crippen molar-refractivity contribution in [2.24, 2.45) is 5.92 Å². The van der Waals surface area contributed by atoms with E-state index >= 15 is 0 Å². The number of benzene rings is 1. The zero-order chi connectivity index (χ0) is 14.8. The molecule has 0 radical (unpaired) electrons. The number of hydrogen-bond donors (Lipinski definition) is 1. The number of nitrogens with zero attached hydrogens (tertiary/aromatic N) is 2. The van der Waals surface area contributed by atoms with E-state index in [2.05, 4.69) is 6.07 Å². The summed E-state index contributed by atoms with van der Waals surface area (Å²) >= 11 is 0. The van der Waals surface area contributed by atoms with E-state index in [0.29, 0.717) is 26.1 Å². The molecule has 3 rings (SSSR count). The van der Waals surface area contributed by atoms with Gasteiger partial charge < -0.3 is 14.9 Å². The SMILES string of the molecule is O=C(O)N1CCCC(CN2C(=O)CCc3ccccc32)C1. The van der Waals surface area contributed by atoms with Gasteiger partial charge in [-0.3, -0.25) is 4.79 Å². The van der Waals surface area contributed by atoms with Gasteiger partial charge in [-0.15, -0.1) is 0 Å². The Morgan fingerprint density at radius 1 is 1.29 bits per heavy atom. The van der Waals surface area contributed by atoms with Gasteiger partial charge in [0.05, 0.1) is 0 Å². The van der Waals surface area contributed by atoms with Crippen LogP contribution in [0.1, 0.15) is 24.8 Å². The molecule has 2 amide bonds. The molecule has 21 heavy (non-hydrogen) atoms. The summed E-state index contributed by atoms with van der Waals surface area (Å²) in [4.78, 5) is 26.7. The molecule has 0 aromatic heterocycles. The number of anilines is 1. The number of amides is 2. The van der Waals surface area contributed by atoms with Crippen LogP contribution >= 0.6 is 0 Å². The molecule has 0 aliphatic carbocycles. The minimum absolute atomic E-state index is 0.154. The van der Waals surface area contributed by atoms with Crippen molar-refractivity contribution in [3.63, 3.8) is 0 Å². The summed E-state index contributed by atoms with van der Waals surface area (Å²) in [6, 6.07) is 8.01. The van der Waals surface area contributed by atoms with Crippen LogP contribution in [-0.4, -0.2) is 41.6 Å². The summed E-state index contributed by atoms with van der Waals surface area (Å²) in [5.74, 6) is 0.381. The number of fused-ring (bicyclic) bond motifs is 1. The lowest BCUT2D eigenvalue weighted by molar-refractivity contribution is -0.119. The maximum atomic E-state index is 12.2. The van der Waals surface area contributed by atoms with Gasteiger partial charge in [0.2, 0.25) is 5.91 Å². The zero-order valence-electron chi connectivity index (χ0n) is 12.0. The van der Waals surface area contributed by atoms with Crippen LogP contribution in [0.25, 0.3) is 0 Å². The smallest absolute Gasteiger partial charge is 0.407 e. The van der Waals surface area contributed by atoms with Gasteiger partial charge in [-0.2, -0.15) is 0 Å². The molecule has 1 aromatic rings. The fourth-order valence-electron chi connectivity index (χ4n) is 3.34. The van der Waals surface area contributed by atoms with Crippen LogP contribution in [0.4, 0.5) is 10.5 Å². The Morgan fingerprint density at radius 2 is 2.10 bits per heavy atom. The lowest BCUT2D eigenvalue weighted by atomic mass is 9.95. The van der Waals surface area contributed by atoms with E-state index in [1.165, 1.54) is 10.5 Å². The van der Waals surface area contributed by atoms with E-state index in [1.807, 2.05) is 23.1 Å². The minimum atomic E-state index is -0.856. The molecule has 5 heteroatoms. The second-order valence-corrected chi connectivity index (χ2v) is 5.87. The van der Waals surface area contributed by atoms with Gasteiger partial charge in [0.25, 0.3) is 0 Å². The number of carbonyl (C=O) groups is 2. The van der Waals surface area contributed by atoms with Crippen LogP contribution in [0.3, 0.4) is 0 Å². The Kier molecular flexibility index (Phi) is 3.82. The highest BCUT2D eigenvalue weighted by Gasteiger charge is 2.29. The third-order valence-corrected chi connectivity index (χ3v) is 4.42. The molecule has 2 heterocycles. The van der Waals surface area contributed by atoms with E-state index in [1.54, 1.807) is 0 Å². The van der Waals surface area contributed by atoms with Gasteiger partial charge in [-0.1, -0.05) is 18.2 Å². The molecule has 0 bridgehead atoms. The lowest BCUT2D eigenvalue weighted by Gasteiger charge is -2.36. The number of carboxylic acid groups (broad SMARTS) is 1. The molecule has 1 aromatic carbocycles. The predicted octanol–water partition coefficient (Wildman–Crippen LogP) is 2.36. The summed E-state index contributed by atoms with van der Waals surface area (Å²) in [7, 11) is 0. The number of rotatable bonds is 2. The van der Waals surface area contributed by atoms with Crippen molar-refractivity contribution in [1.82, 2.24) is 4.90 Å². The fraction of sp³-hybridized carbons (Fsp3) is 0.500. The molecule has 1 N–H and O–H groups in total. The molecule has 5 nitrogen and oxygen atoms in total. The Labute approximate surface area is 124 Å². The van der Waals surface area contributed by atoms with Gasteiger partial charge in [-0.25, -0.2) is 4.79 Å². The van der Waals surface area contributed by atoms with E-state index in [9.17, 15) is 9.59 Å². The van der Waals surface area contributed by atoms with Crippen molar-refractivity contribution in [3.8, 4) is 0 Å². The van der Waals surface area contributed by atoms with Gasteiger partial charge >= 0.3 is 6.09 Å².